The number of methoxy groups -OCH3 is 1. The Hall–Kier alpha value is -5.13. The van der Waals surface area contributed by atoms with E-state index in [1.54, 1.807) is 59.5 Å². The predicted octanol–water partition coefficient (Wildman–Crippen LogP) is 6.53. The molecule has 0 bridgehead atoms. The molecule has 1 amide bonds. The van der Waals surface area contributed by atoms with Crippen LogP contribution >= 0.6 is 11.6 Å². The fourth-order valence-corrected chi connectivity index (χ4v) is 7.35. The molecule has 2 heterocycles. The first-order chi connectivity index (χ1) is 20.9. The third kappa shape index (κ3) is 3.58. The van der Waals surface area contributed by atoms with Crippen LogP contribution in [0.3, 0.4) is 0 Å². The third-order valence-corrected chi connectivity index (χ3v) is 9.10. The zero-order chi connectivity index (χ0) is 29.9. The van der Waals surface area contributed by atoms with Gasteiger partial charge in [0.25, 0.3) is 5.54 Å². The van der Waals surface area contributed by atoms with Crippen LogP contribution in [-0.2, 0) is 16.8 Å². The maximum Gasteiger partial charge on any atom is 0.290 e. The Labute approximate surface area is 252 Å². The lowest BCUT2D eigenvalue weighted by atomic mass is 9.60. The molecule has 43 heavy (non-hydrogen) atoms. The standard InChI is InChI=1S/C34H24ClN3O5/c1-42-25-11-7-10-22(16-25)31-33(38(40)41)18-23(19-36)34(30(33)26-17-24(35)14-15-29(26)43-31)27-12-5-6-13-28(27)37(32(34)39)20-21-8-3-2-4-9-21/h2-18,30-31H,20H2,1H3. The highest BCUT2D eigenvalue weighted by Crippen LogP contribution is 2.68. The third-order valence-electron chi connectivity index (χ3n) is 8.86. The van der Waals surface area contributed by atoms with Crippen LogP contribution in [0.15, 0.2) is 109 Å². The number of hydrogen-bond donors (Lipinski definition) is 0. The predicted molar refractivity (Wildman–Crippen MR) is 160 cm³/mol. The number of para-hydroxylation sites is 1. The summed E-state index contributed by atoms with van der Waals surface area (Å²) in [5.41, 5.74) is -0.838. The van der Waals surface area contributed by atoms with E-state index in [9.17, 15) is 15.4 Å². The van der Waals surface area contributed by atoms with Gasteiger partial charge < -0.3 is 14.4 Å². The van der Waals surface area contributed by atoms with Crippen LogP contribution in [0.25, 0.3) is 0 Å². The molecular weight excluding hydrogens is 566 g/mol. The van der Waals surface area contributed by atoms with Crippen molar-refractivity contribution in [3.63, 3.8) is 0 Å². The largest absolute Gasteiger partial charge is 0.497 e. The molecule has 0 aromatic heterocycles. The molecule has 1 spiro atoms. The van der Waals surface area contributed by atoms with Gasteiger partial charge in [-0.1, -0.05) is 72.3 Å². The van der Waals surface area contributed by atoms with Crippen LogP contribution in [0.2, 0.25) is 5.02 Å². The zero-order valence-corrected chi connectivity index (χ0v) is 23.7. The minimum absolute atomic E-state index is 0.00605. The highest BCUT2D eigenvalue weighted by Gasteiger charge is 2.77. The number of fused-ring (bicyclic) bond motifs is 6. The second kappa shape index (κ2) is 9.72. The van der Waals surface area contributed by atoms with Crippen molar-refractivity contribution in [3.8, 4) is 17.6 Å². The number of benzene rings is 4. The fraction of sp³-hybridized carbons (Fsp3) is 0.176. The van der Waals surface area contributed by atoms with Gasteiger partial charge in [0.15, 0.2) is 6.10 Å². The topological polar surface area (TPSA) is 106 Å². The van der Waals surface area contributed by atoms with Gasteiger partial charge in [0.2, 0.25) is 5.91 Å². The highest BCUT2D eigenvalue weighted by molar-refractivity contribution is 6.30. The van der Waals surface area contributed by atoms with Gasteiger partial charge in [0.05, 0.1) is 31.2 Å². The van der Waals surface area contributed by atoms with Gasteiger partial charge in [0, 0.05) is 32.8 Å². The Balaban J connectivity index is 1.54. The molecule has 4 unspecified atom stereocenters. The average Bonchev–Trinajstić information content (AvgIpc) is 3.48. The number of nitro groups is 1. The van der Waals surface area contributed by atoms with Crippen molar-refractivity contribution >= 4 is 23.2 Å². The van der Waals surface area contributed by atoms with Gasteiger partial charge in [-0.3, -0.25) is 14.9 Å². The smallest absolute Gasteiger partial charge is 0.290 e. The van der Waals surface area contributed by atoms with Crippen LogP contribution in [0.1, 0.15) is 34.3 Å². The van der Waals surface area contributed by atoms with Crippen molar-refractivity contribution in [2.75, 3.05) is 12.0 Å². The first-order valence-corrected chi connectivity index (χ1v) is 14.1. The van der Waals surface area contributed by atoms with Crippen molar-refractivity contribution in [2.45, 2.75) is 29.5 Å². The molecule has 9 heteroatoms. The molecule has 4 atom stereocenters. The summed E-state index contributed by atoms with van der Waals surface area (Å²) >= 11 is 6.50. The number of nitrogens with zero attached hydrogens (tertiary/aromatic N) is 3. The molecule has 7 rings (SSSR count). The molecule has 0 N–H and O–H groups in total. The molecule has 4 aromatic carbocycles. The van der Waals surface area contributed by atoms with Crippen molar-refractivity contribution in [1.29, 1.82) is 5.26 Å². The summed E-state index contributed by atoms with van der Waals surface area (Å²) in [7, 11) is 1.51. The van der Waals surface area contributed by atoms with Crippen LogP contribution < -0.4 is 14.4 Å². The molecule has 0 radical (unpaired) electrons. The molecule has 1 aliphatic carbocycles. The van der Waals surface area contributed by atoms with Gasteiger partial charge in [0.1, 0.15) is 16.9 Å². The van der Waals surface area contributed by atoms with Crippen LogP contribution in [-0.4, -0.2) is 23.5 Å². The van der Waals surface area contributed by atoms with E-state index in [2.05, 4.69) is 6.07 Å². The maximum absolute atomic E-state index is 15.0. The minimum Gasteiger partial charge on any atom is -0.497 e. The van der Waals surface area contributed by atoms with E-state index in [1.807, 2.05) is 42.5 Å². The average molecular weight is 590 g/mol. The van der Waals surface area contributed by atoms with Gasteiger partial charge in [-0.05, 0) is 47.5 Å². The van der Waals surface area contributed by atoms with E-state index < -0.39 is 33.8 Å². The number of halogens is 1. The Morgan fingerprint density at radius 2 is 1.81 bits per heavy atom. The Morgan fingerprint density at radius 1 is 1.05 bits per heavy atom. The number of hydrogen-bond acceptors (Lipinski definition) is 6. The van der Waals surface area contributed by atoms with Gasteiger partial charge in [-0.2, -0.15) is 5.26 Å². The van der Waals surface area contributed by atoms with E-state index in [0.717, 1.165) is 5.56 Å². The van der Waals surface area contributed by atoms with Gasteiger partial charge in [-0.25, -0.2) is 0 Å². The number of nitriles is 1. The van der Waals surface area contributed by atoms with Gasteiger partial charge in [-0.15, -0.1) is 0 Å². The number of amides is 1. The Kier molecular flexibility index (Phi) is 6.04. The molecule has 4 aromatic rings. The molecule has 0 saturated carbocycles. The molecule has 8 nitrogen and oxygen atoms in total. The maximum atomic E-state index is 15.0. The minimum atomic E-state index is -2.04. The number of anilines is 1. The lowest BCUT2D eigenvalue weighted by Crippen LogP contribution is -2.57. The Bertz CT molecular complexity index is 1890. The Morgan fingerprint density at radius 3 is 2.56 bits per heavy atom. The second-order valence-electron chi connectivity index (χ2n) is 10.9. The first-order valence-electron chi connectivity index (χ1n) is 13.7. The first kappa shape index (κ1) is 26.7. The summed E-state index contributed by atoms with van der Waals surface area (Å²) < 4.78 is 11.9. The van der Waals surface area contributed by atoms with Crippen molar-refractivity contribution in [1.82, 2.24) is 0 Å². The van der Waals surface area contributed by atoms with Crippen LogP contribution in [0.4, 0.5) is 5.69 Å². The molecule has 2 aliphatic heterocycles. The second-order valence-corrected chi connectivity index (χ2v) is 11.3. The number of carbonyl (C=O) groups is 1. The molecule has 3 aliphatic rings. The van der Waals surface area contributed by atoms with E-state index in [4.69, 9.17) is 21.1 Å². The summed E-state index contributed by atoms with van der Waals surface area (Å²) in [5, 5.41) is 24.6. The van der Waals surface area contributed by atoms with Crippen molar-refractivity contribution < 1.29 is 19.2 Å². The van der Waals surface area contributed by atoms with E-state index in [-0.39, 0.29) is 12.1 Å². The zero-order valence-electron chi connectivity index (χ0n) is 22.9. The summed E-state index contributed by atoms with van der Waals surface area (Å²) in [6.07, 6.45) is 0.161. The molecule has 0 fully saturated rings. The van der Waals surface area contributed by atoms with Crippen LogP contribution in [0.5, 0.6) is 11.5 Å². The lowest BCUT2D eigenvalue weighted by molar-refractivity contribution is -0.574. The fourth-order valence-electron chi connectivity index (χ4n) is 7.17. The van der Waals surface area contributed by atoms with Crippen molar-refractivity contribution in [3.05, 3.63) is 146 Å². The molecule has 212 valence electrons. The van der Waals surface area contributed by atoms with E-state index in [1.165, 1.54) is 13.2 Å². The van der Waals surface area contributed by atoms with Gasteiger partial charge >= 0.3 is 0 Å². The normalized spacial score (nSPS) is 24.8. The van der Waals surface area contributed by atoms with E-state index in [0.29, 0.717) is 38.9 Å². The summed E-state index contributed by atoms with van der Waals surface area (Å²) in [4.78, 5) is 29.8. The monoisotopic (exact) mass is 589 g/mol. The molecule has 0 saturated heterocycles. The SMILES string of the molecule is COc1cccc(C2Oc3ccc(Cl)cc3C3C4(C(=O)N(Cc5ccccc5)c5ccccc54)C(C#N)=CC23[N+](=O)[O-])c1. The number of ether oxygens (including phenoxy) is 2. The lowest BCUT2D eigenvalue weighted by Gasteiger charge is -2.44. The van der Waals surface area contributed by atoms with E-state index >= 15 is 4.79 Å². The summed E-state index contributed by atoms with van der Waals surface area (Å²) in [6.45, 7) is 0.230. The van der Waals surface area contributed by atoms with Crippen LogP contribution in [0, 0.1) is 21.4 Å². The quantitative estimate of drug-likeness (QED) is 0.194. The van der Waals surface area contributed by atoms with Crippen molar-refractivity contribution in [2.24, 2.45) is 0 Å². The highest BCUT2D eigenvalue weighted by atomic mass is 35.5. The summed E-state index contributed by atoms with van der Waals surface area (Å²) in [5.74, 6) is -0.709. The number of carbonyl (C=O) groups excluding carboxylic acids is 1. The summed E-state index contributed by atoms with van der Waals surface area (Å²) in [6, 6.07) is 30.8. The molecular formula is C34H24ClN3O5. The number of rotatable bonds is 5.